The van der Waals surface area contributed by atoms with Gasteiger partial charge < -0.3 is 9.84 Å². The molecule has 7 nitrogen and oxygen atoms in total. The lowest BCUT2D eigenvalue weighted by Gasteiger charge is -2.26. The van der Waals surface area contributed by atoms with Crippen LogP contribution in [0.25, 0.3) is 0 Å². The first-order valence-corrected chi connectivity index (χ1v) is 8.87. The van der Waals surface area contributed by atoms with Crippen LogP contribution in [0.4, 0.5) is 0 Å². The molecule has 0 aliphatic heterocycles. The average molecular weight is 321 g/mol. The van der Waals surface area contributed by atoms with Crippen LogP contribution in [0.1, 0.15) is 45.4 Å². The van der Waals surface area contributed by atoms with Gasteiger partial charge in [-0.25, -0.2) is 13.1 Å². The summed E-state index contributed by atoms with van der Waals surface area (Å²) in [5.41, 5.74) is 0. The monoisotopic (exact) mass is 321 g/mol. The summed E-state index contributed by atoms with van der Waals surface area (Å²) in [6.45, 7) is 1.99. The molecule has 1 aliphatic carbocycles. The number of hydrogen-bond acceptors (Lipinski definition) is 5. The maximum atomic E-state index is 11.9. The second kappa shape index (κ2) is 8.33. The van der Waals surface area contributed by atoms with E-state index >= 15 is 0 Å². The van der Waals surface area contributed by atoms with E-state index in [0.717, 1.165) is 0 Å². The van der Waals surface area contributed by atoms with Crippen molar-refractivity contribution >= 4 is 22.0 Å². The van der Waals surface area contributed by atoms with Gasteiger partial charge in [0.25, 0.3) is 0 Å². The third kappa shape index (κ3) is 6.90. The summed E-state index contributed by atoms with van der Waals surface area (Å²) >= 11 is 0. The van der Waals surface area contributed by atoms with Gasteiger partial charge in [0.15, 0.2) is 0 Å². The minimum Gasteiger partial charge on any atom is -0.481 e. The molecule has 0 spiro atoms. The van der Waals surface area contributed by atoms with E-state index in [-0.39, 0.29) is 37.2 Å². The Kier molecular flexibility index (Phi) is 7.10. The van der Waals surface area contributed by atoms with E-state index in [0.29, 0.717) is 25.7 Å². The third-order valence-electron chi connectivity index (χ3n) is 3.52. The summed E-state index contributed by atoms with van der Waals surface area (Å²) in [6.07, 6.45) is 2.36. The number of esters is 1. The average Bonchev–Trinajstić information content (AvgIpc) is 2.38. The molecule has 0 aromatic heterocycles. The van der Waals surface area contributed by atoms with E-state index in [1.54, 1.807) is 6.92 Å². The Labute approximate surface area is 125 Å². The van der Waals surface area contributed by atoms with Crippen molar-refractivity contribution < 1.29 is 27.9 Å². The molecule has 0 unspecified atom stereocenters. The van der Waals surface area contributed by atoms with Crippen LogP contribution in [-0.2, 0) is 24.3 Å². The number of hydrogen-bond donors (Lipinski definition) is 2. The topological polar surface area (TPSA) is 110 Å². The van der Waals surface area contributed by atoms with Crippen molar-refractivity contribution in [2.75, 3.05) is 12.4 Å². The number of aliphatic carboxylic acids is 1. The van der Waals surface area contributed by atoms with Crippen molar-refractivity contribution in [3.05, 3.63) is 0 Å². The summed E-state index contributed by atoms with van der Waals surface area (Å²) in [5, 5.41) is 8.89. The minimum atomic E-state index is -3.43. The molecule has 0 radical (unpaired) electrons. The van der Waals surface area contributed by atoms with Gasteiger partial charge in [0.2, 0.25) is 10.0 Å². The van der Waals surface area contributed by atoms with Crippen molar-refractivity contribution in [3.8, 4) is 0 Å². The van der Waals surface area contributed by atoms with Gasteiger partial charge >= 0.3 is 11.9 Å². The number of carbonyl (C=O) groups is 2. The third-order valence-corrected chi connectivity index (χ3v) is 5.04. The highest BCUT2D eigenvalue weighted by Gasteiger charge is 2.28. The van der Waals surface area contributed by atoms with Crippen LogP contribution in [0, 0.1) is 5.92 Å². The summed E-state index contributed by atoms with van der Waals surface area (Å²) < 4.78 is 31.1. The molecule has 122 valence electrons. The van der Waals surface area contributed by atoms with Gasteiger partial charge in [0, 0.05) is 12.5 Å². The van der Waals surface area contributed by atoms with Gasteiger partial charge in [-0.05, 0) is 39.0 Å². The van der Waals surface area contributed by atoms with E-state index in [4.69, 9.17) is 9.84 Å². The SMILES string of the molecule is CCOC(=O)CCCS(=O)(=O)NC1CCC(C(=O)O)CC1. The molecular weight excluding hydrogens is 298 g/mol. The van der Waals surface area contributed by atoms with Gasteiger partial charge in [-0.2, -0.15) is 0 Å². The van der Waals surface area contributed by atoms with Crippen molar-refractivity contribution in [1.82, 2.24) is 4.72 Å². The van der Waals surface area contributed by atoms with Gasteiger partial charge in [-0.3, -0.25) is 9.59 Å². The van der Waals surface area contributed by atoms with Crippen LogP contribution in [0.2, 0.25) is 0 Å². The van der Waals surface area contributed by atoms with Crippen molar-refractivity contribution in [3.63, 3.8) is 0 Å². The number of carboxylic acid groups (broad SMARTS) is 1. The van der Waals surface area contributed by atoms with Crippen molar-refractivity contribution in [2.45, 2.75) is 51.5 Å². The van der Waals surface area contributed by atoms with E-state index in [2.05, 4.69) is 4.72 Å². The highest BCUT2D eigenvalue weighted by atomic mass is 32.2. The molecule has 0 aromatic carbocycles. The zero-order valence-corrected chi connectivity index (χ0v) is 13.0. The summed E-state index contributed by atoms with van der Waals surface area (Å²) in [4.78, 5) is 21.9. The molecule has 8 heteroatoms. The molecule has 1 saturated carbocycles. The first kappa shape index (κ1) is 17.9. The quantitative estimate of drug-likeness (QED) is 0.643. The molecule has 0 amide bonds. The number of sulfonamides is 1. The molecule has 1 fully saturated rings. The second-order valence-corrected chi connectivity index (χ2v) is 7.11. The van der Waals surface area contributed by atoms with Crippen LogP contribution < -0.4 is 4.72 Å². The number of carbonyl (C=O) groups excluding carboxylic acids is 1. The van der Waals surface area contributed by atoms with Crippen molar-refractivity contribution in [2.24, 2.45) is 5.92 Å². The fourth-order valence-corrected chi connectivity index (χ4v) is 3.80. The predicted molar refractivity (Wildman–Crippen MR) is 76.2 cm³/mol. The van der Waals surface area contributed by atoms with E-state index < -0.39 is 22.0 Å². The molecule has 1 aliphatic rings. The number of nitrogens with one attached hydrogen (secondary N) is 1. The summed E-state index contributed by atoms with van der Waals surface area (Å²) in [7, 11) is -3.43. The molecule has 0 heterocycles. The molecular formula is C13H23NO6S. The summed E-state index contributed by atoms with van der Waals surface area (Å²) in [6, 6.07) is -0.201. The Morgan fingerprint density at radius 1 is 1.24 bits per heavy atom. The highest BCUT2D eigenvalue weighted by molar-refractivity contribution is 7.89. The smallest absolute Gasteiger partial charge is 0.306 e. The lowest BCUT2D eigenvalue weighted by atomic mass is 9.87. The second-order valence-electron chi connectivity index (χ2n) is 5.23. The van der Waals surface area contributed by atoms with E-state index in [1.807, 2.05) is 0 Å². The van der Waals surface area contributed by atoms with Crippen LogP contribution in [-0.4, -0.2) is 43.9 Å². The zero-order chi connectivity index (χ0) is 15.9. The molecule has 21 heavy (non-hydrogen) atoms. The van der Waals surface area contributed by atoms with Crippen LogP contribution >= 0.6 is 0 Å². The largest absolute Gasteiger partial charge is 0.481 e. The highest BCUT2D eigenvalue weighted by Crippen LogP contribution is 2.24. The molecule has 0 bridgehead atoms. The maximum Gasteiger partial charge on any atom is 0.306 e. The Balaban J connectivity index is 2.30. The molecule has 0 aromatic rings. The van der Waals surface area contributed by atoms with Gasteiger partial charge in [0.05, 0.1) is 18.3 Å². The Hall–Kier alpha value is -1.15. The van der Waals surface area contributed by atoms with Crippen LogP contribution in [0.15, 0.2) is 0 Å². The normalized spacial score (nSPS) is 22.7. The zero-order valence-electron chi connectivity index (χ0n) is 12.2. The number of carboxylic acids is 1. The minimum absolute atomic E-state index is 0.0838. The first-order chi connectivity index (χ1) is 9.84. The summed E-state index contributed by atoms with van der Waals surface area (Å²) in [5.74, 6) is -1.69. The molecule has 1 rings (SSSR count). The standard InChI is InChI=1S/C13H23NO6S/c1-2-20-12(15)4-3-9-21(18,19)14-11-7-5-10(6-8-11)13(16)17/h10-11,14H,2-9H2,1H3,(H,16,17). The predicted octanol–water partition coefficient (Wildman–Crippen LogP) is 0.892. The molecule has 2 N–H and O–H groups in total. The Morgan fingerprint density at radius 3 is 2.38 bits per heavy atom. The van der Waals surface area contributed by atoms with Gasteiger partial charge in [-0.15, -0.1) is 0 Å². The maximum absolute atomic E-state index is 11.9. The first-order valence-electron chi connectivity index (χ1n) is 7.22. The van der Waals surface area contributed by atoms with E-state index in [9.17, 15) is 18.0 Å². The van der Waals surface area contributed by atoms with Crippen molar-refractivity contribution in [1.29, 1.82) is 0 Å². The fraction of sp³-hybridized carbons (Fsp3) is 0.846. The van der Waals surface area contributed by atoms with Gasteiger partial charge in [0.1, 0.15) is 0 Å². The fourth-order valence-electron chi connectivity index (χ4n) is 2.41. The Morgan fingerprint density at radius 2 is 1.86 bits per heavy atom. The van der Waals surface area contributed by atoms with Crippen LogP contribution in [0.3, 0.4) is 0 Å². The Bertz CT molecular complexity index is 453. The van der Waals surface area contributed by atoms with E-state index in [1.165, 1.54) is 0 Å². The number of ether oxygens (including phenoxy) is 1. The lowest BCUT2D eigenvalue weighted by Crippen LogP contribution is -2.39. The number of rotatable bonds is 8. The molecule has 0 atom stereocenters. The van der Waals surface area contributed by atoms with Gasteiger partial charge in [-0.1, -0.05) is 0 Å². The molecule has 0 saturated heterocycles. The van der Waals surface area contributed by atoms with Crippen LogP contribution in [0.5, 0.6) is 0 Å². The lowest BCUT2D eigenvalue weighted by molar-refractivity contribution is -0.143.